The first-order valence-corrected chi connectivity index (χ1v) is 9.85. The minimum absolute atomic E-state index is 0.263. The molecule has 0 aliphatic carbocycles. The Bertz CT molecular complexity index is 1160. The van der Waals surface area contributed by atoms with Gasteiger partial charge < -0.3 is 0 Å². The van der Waals surface area contributed by atoms with Crippen LogP contribution in [-0.2, 0) is 5.75 Å². The van der Waals surface area contributed by atoms with Crippen molar-refractivity contribution in [2.75, 3.05) is 0 Å². The zero-order chi connectivity index (χ0) is 20.4. The molecule has 3 aromatic carbocycles. The Labute approximate surface area is 170 Å². The molecule has 0 aliphatic heterocycles. The smallest absolute Gasteiger partial charge is 0.196 e. The summed E-state index contributed by atoms with van der Waals surface area (Å²) >= 11 is 1.30. The molecule has 29 heavy (non-hydrogen) atoms. The molecule has 4 rings (SSSR count). The van der Waals surface area contributed by atoms with Crippen molar-refractivity contribution in [1.29, 1.82) is 0 Å². The number of aromatic nitrogens is 3. The van der Waals surface area contributed by atoms with Crippen molar-refractivity contribution in [2.45, 2.75) is 17.8 Å². The molecule has 0 spiro atoms. The zero-order valence-electron chi connectivity index (χ0n) is 15.4. The predicted octanol–water partition coefficient (Wildman–Crippen LogP) is 5.95. The number of para-hydroxylation sites is 1. The maximum Gasteiger partial charge on any atom is 0.196 e. The molecule has 0 N–H and O–H groups in total. The number of hydrogen-bond donors (Lipinski definition) is 0. The van der Waals surface area contributed by atoms with Gasteiger partial charge in [0.05, 0.1) is 5.69 Å². The third-order valence-corrected chi connectivity index (χ3v) is 5.44. The van der Waals surface area contributed by atoms with Crippen LogP contribution in [0.4, 0.5) is 13.2 Å². The molecule has 0 atom stereocenters. The summed E-state index contributed by atoms with van der Waals surface area (Å²) in [7, 11) is 0. The van der Waals surface area contributed by atoms with Gasteiger partial charge in [0.15, 0.2) is 11.0 Å². The van der Waals surface area contributed by atoms with Crippen LogP contribution in [0.1, 0.15) is 11.1 Å². The lowest BCUT2D eigenvalue weighted by molar-refractivity contribution is 0.576. The minimum Gasteiger partial charge on any atom is -0.270 e. The Morgan fingerprint density at radius 3 is 2.31 bits per heavy atom. The van der Waals surface area contributed by atoms with E-state index < -0.39 is 11.6 Å². The van der Waals surface area contributed by atoms with Crippen LogP contribution in [0.5, 0.6) is 0 Å². The van der Waals surface area contributed by atoms with Crippen LogP contribution in [0.2, 0.25) is 0 Å². The molecule has 1 aromatic heterocycles. The summed E-state index contributed by atoms with van der Waals surface area (Å²) < 4.78 is 42.4. The Morgan fingerprint density at radius 1 is 0.862 bits per heavy atom. The number of aryl methyl sites for hydroxylation is 1. The molecule has 1 heterocycles. The first kappa shape index (κ1) is 19.3. The van der Waals surface area contributed by atoms with Crippen LogP contribution in [0, 0.1) is 24.4 Å². The van der Waals surface area contributed by atoms with E-state index >= 15 is 0 Å². The van der Waals surface area contributed by atoms with E-state index in [0.717, 1.165) is 17.3 Å². The molecule has 146 valence electrons. The summed E-state index contributed by atoms with van der Waals surface area (Å²) in [5.74, 6) is -0.728. The van der Waals surface area contributed by atoms with E-state index in [0.29, 0.717) is 22.1 Å². The van der Waals surface area contributed by atoms with E-state index in [2.05, 4.69) is 10.2 Å². The highest BCUT2D eigenvalue weighted by molar-refractivity contribution is 7.98. The minimum atomic E-state index is -0.613. The van der Waals surface area contributed by atoms with Gasteiger partial charge in [0.1, 0.15) is 17.5 Å². The molecular formula is C22H16F3N3S. The zero-order valence-corrected chi connectivity index (χ0v) is 16.3. The van der Waals surface area contributed by atoms with Crippen LogP contribution in [0.3, 0.4) is 0 Å². The van der Waals surface area contributed by atoms with Crippen LogP contribution in [0.25, 0.3) is 17.1 Å². The largest absolute Gasteiger partial charge is 0.270 e. The molecule has 0 radical (unpaired) electrons. The fourth-order valence-electron chi connectivity index (χ4n) is 2.96. The molecule has 3 nitrogen and oxygen atoms in total. The van der Waals surface area contributed by atoms with E-state index in [1.165, 1.54) is 36.0 Å². The lowest BCUT2D eigenvalue weighted by atomic mass is 10.1. The average molecular weight is 411 g/mol. The lowest BCUT2D eigenvalue weighted by Gasteiger charge is -2.13. The molecule has 0 unspecified atom stereocenters. The molecule has 7 heteroatoms. The quantitative estimate of drug-likeness (QED) is 0.380. The molecule has 0 aliphatic rings. The van der Waals surface area contributed by atoms with Gasteiger partial charge in [-0.25, -0.2) is 13.2 Å². The monoisotopic (exact) mass is 411 g/mol. The van der Waals surface area contributed by atoms with Crippen molar-refractivity contribution in [3.05, 3.63) is 95.3 Å². The molecule has 0 amide bonds. The highest BCUT2D eigenvalue weighted by Gasteiger charge is 2.18. The summed E-state index contributed by atoms with van der Waals surface area (Å²) in [6.07, 6.45) is 0. The Hall–Kier alpha value is -3.06. The summed E-state index contributed by atoms with van der Waals surface area (Å²) in [4.78, 5) is 0. The van der Waals surface area contributed by atoms with Gasteiger partial charge >= 0.3 is 0 Å². The molecule has 0 saturated heterocycles. The van der Waals surface area contributed by atoms with Gasteiger partial charge in [0.25, 0.3) is 0 Å². The molecule has 0 bridgehead atoms. The first-order valence-electron chi connectivity index (χ1n) is 8.87. The fourth-order valence-corrected chi connectivity index (χ4v) is 3.89. The highest BCUT2D eigenvalue weighted by Crippen LogP contribution is 2.31. The highest BCUT2D eigenvalue weighted by atomic mass is 32.2. The third-order valence-electron chi connectivity index (χ3n) is 4.46. The molecular weight excluding hydrogens is 395 g/mol. The number of halogens is 3. The van der Waals surface area contributed by atoms with E-state index in [4.69, 9.17) is 0 Å². The standard InChI is InChI=1S/C22H16F3N3S/c1-14-4-2-3-5-20(14)28-21(15-6-9-17(23)10-7-15)26-27-22(28)29-13-16-8-11-18(24)12-19(16)25/h2-12H,13H2,1H3. The SMILES string of the molecule is Cc1ccccc1-n1c(SCc2ccc(F)cc2F)nnc1-c1ccc(F)cc1. The molecule has 4 aromatic rings. The fraction of sp³-hybridized carbons (Fsp3) is 0.0909. The summed E-state index contributed by atoms with van der Waals surface area (Å²) in [6.45, 7) is 1.97. The Balaban J connectivity index is 1.76. The van der Waals surface area contributed by atoms with Crippen LogP contribution >= 0.6 is 11.8 Å². The second kappa shape index (κ2) is 8.13. The topological polar surface area (TPSA) is 30.7 Å². The number of rotatable bonds is 5. The second-order valence-electron chi connectivity index (χ2n) is 6.46. The van der Waals surface area contributed by atoms with Gasteiger partial charge in [0, 0.05) is 17.4 Å². The van der Waals surface area contributed by atoms with E-state index in [1.54, 1.807) is 12.1 Å². The Morgan fingerprint density at radius 2 is 1.59 bits per heavy atom. The van der Waals surface area contributed by atoms with Gasteiger partial charge in [-0.15, -0.1) is 10.2 Å². The van der Waals surface area contributed by atoms with Crippen molar-refractivity contribution in [1.82, 2.24) is 14.8 Å². The van der Waals surface area contributed by atoms with E-state index in [1.807, 2.05) is 35.8 Å². The maximum absolute atomic E-state index is 14.0. The van der Waals surface area contributed by atoms with Crippen molar-refractivity contribution >= 4 is 11.8 Å². The number of benzene rings is 3. The Kier molecular flexibility index (Phi) is 5.40. The van der Waals surface area contributed by atoms with Gasteiger partial charge in [-0.3, -0.25) is 4.57 Å². The average Bonchev–Trinajstić information content (AvgIpc) is 3.12. The number of thioether (sulfide) groups is 1. The van der Waals surface area contributed by atoms with E-state index in [9.17, 15) is 13.2 Å². The van der Waals surface area contributed by atoms with Crippen molar-refractivity contribution in [3.63, 3.8) is 0 Å². The lowest BCUT2D eigenvalue weighted by Crippen LogP contribution is -2.02. The third kappa shape index (κ3) is 4.05. The van der Waals surface area contributed by atoms with Crippen LogP contribution in [0.15, 0.2) is 71.9 Å². The molecule has 0 saturated carbocycles. The van der Waals surface area contributed by atoms with Gasteiger partial charge in [-0.1, -0.05) is 36.0 Å². The van der Waals surface area contributed by atoms with Gasteiger partial charge in [0.2, 0.25) is 0 Å². The van der Waals surface area contributed by atoms with Crippen molar-refractivity contribution < 1.29 is 13.2 Å². The normalized spacial score (nSPS) is 11.0. The molecule has 0 fully saturated rings. The van der Waals surface area contributed by atoms with Crippen molar-refractivity contribution in [2.24, 2.45) is 0 Å². The summed E-state index contributed by atoms with van der Waals surface area (Å²) in [5.41, 5.74) is 2.96. The second-order valence-corrected chi connectivity index (χ2v) is 7.40. The van der Waals surface area contributed by atoms with Crippen LogP contribution < -0.4 is 0 Å². The first-order chi connectivity index (χ1) is 14.0. The van der Waals surface area contributed by atoms with Crippen molar-refractivity contribution in [3.8, 4) is 17.1 Å². The van der Waals surface area contributed by atoms with E-state index in [-0.39, 0.29) is 11.6 Å². The predicted molar refractivity (Wildman–Crippen MR) is 107 cm³/mol. The van der Waals surface area contributed by atoms with Gasteiger partial charge in [-0.05, 0) is 54.4 Å². The summed E-state index contributed by atoms with van der Waals surface area (Å²) in [5, 5.41) is 9.14. The maximum atomic E-state index is 14.0. The summed E-state index contributed by atoms with van der Waals surface area (Å²) in [6, 6.07) is 17.3. The van der Waals surface area contributed by atoms with Gasteiger partial charge in [-0.2, -0.15) is 0 Å². The van der Waals surface area contributed by atoms with Crippen LogP contribution in [-0.4, -0.2) is 14.8 Å². The number of hydrogen-bond acceptors (Lipinski definition) is 3. The number of nitrogens with zero attached hydrogens (tertiary/aromatic N) is 3.